The average molecular weight is 218 g/mol. The minimum Gasteiger partial charge on any atom is -0.495 e. The second-order valence-corrected chi connectivity index (χ2v) is 4.16. The van der Waals surface area contributed by atoms with Gasteiger partial charge in [-0.25, -0.2) is 0 Å². The summed E-state index contributed by atoms with van der Waals surface area (Å²) in [6, 6.07) is 3.97. The Hall–Kier alpha value is -1.84. The molecule has 4 heteroatoms. The van der Waals surface area contributed by atoms with E-state index in [0.29, 0.717) is 0 Å². The minimum absolute atomic E-state index is 0.272. The molecule has 3 rings (SSSR count). The zero-order valence-electron chi connectivity index (χ0n) is 9.37. The number of anilines is 1. The Labute approximate surface area is 93.4 Å². The van der Waals surface area contributed by atoms with Crippen molar-refractivity contribution < 1.29 is 9.84 Å². The summed E-state index contributed by atoms with van der Waals surface area (Å²) < 4.78 is 5.29. The van der Waals surface area contributed by atoms with E-state index in [0.717, 1.165) is 40.9 Å². The first-order valence-corrected chi connectivity index (χ1v) is 5.34. The van der Waals surface area contributed by atoms with Gasteiger partial charge in [0, 0.05) is 30.2 Å². The quantitative estimate of drug-likeness (QED) is 0.768. The van der Waals surface area contributed by atoms with Crippen LogP contribution in [0.4, 0.5) is 5.69 Å². The van der Waals surface area contributed by atoms with Gasteiger partial charge in [-0.1, -0.05) is 0 Å². The zero-order valence-corrected chi connectivity index (χ0v) is 9.37. The van der Waals surface area contributed by atoms with Crippen LogP contribution in [0.5, 0.6) is 11.6 Å². The molecule has 0 fully saturated rings. The van der Waals surface area contributed by atoms with Gasteiger partial charge in [-0.2, -0.15) is 0 Å². The lowest BCUT2D eigenvalue weighted by molar-refractivity contribution is 0.417. The van der Waals surface area contributed by atoms with Crippen LogP contribution in [0.2, 0.25) is 0 Å². The molecular weight excluding hydrogens is 204 g/mol. The molecule has 1 aliphatic rings. The minimum atomic E-state index is 0.272. The number of nitrogens with one attached hydrogen (secondary N) is 1. The SMILES string of the molecule is COc1ccc2c3c(c(O)[nH]c13)CCN2C. The molecule has 0 spiro atoms. The van der Waals surface area contributed by atoms with Crippen molar-refractivity contribution in [3.05, 3.63) is 17.7 Å². The number of nitrogens with zero attached hydrogens (tertiary/aromatic N) is 1. The van der Waals surface area contributed by atoms with E-state index >= 15 is 0 Å². The van der Waals surface area contributed by atoms with Gasteiger partial charge in [0.25, 0.3) is 0 Å². The second kappa shape index (κ2) is 3.07. The molecule has 0 saturated carbocycles. The maximum atomic E-state index is 9.87. The number of H-pyrrole nitrogens is 1. The van der Waals surface area contributed by atoms with E-state index in [1.165, 1.54) is 0 Å². The largest absolute Gasteiger partial charge is 0.495 e. The van der Waals surface area contributed by atoms with Gasteiger partial charge >= 0.3 is 0 Å². The Morgan fingerprint density at radius 3 is 3.00 bits per heavy atom. The monoisotopic (exact) mass is 218 g/mol. The summed E-state index contributed by atoms with van der Waals surface area (Å²) in [4.78, 5) is 5.20. The third-order valence-corrected chi connectivity index (χ3v) is 3.30. The van der Waals surface area contributed by atoms with Crippen molar-refractivity contribution in [2.24, 2.45) is 0 Å². The molecule has 0 amide bonds. The van der Waals surface area contributed by atoms with E-state index < -0.39 is 0 Å². The summed E-state index contributed by atoms with van der Waals surface area (Å²) in [6.07, 6.45) is 0.864. The molecular formula is C12H14N2O2. The predicted octanol–water partition coefficient (Wildman–Crippen LogP) is 1.87. The molecule has 0 saturated heterocycles. The van der Waals surface area contributed by atoms with Crippen LogP contribution in [0.15, 0.2) is 12.1 Å². The van der Waals surface area contributed by atoms with Crippen LogP contribution in [0.3, 0.4) is 0 Å². The highest BCUT2D eigenvalue weighted by atomic mass is 16.5. The maximum absolute atomic E-state index is 9.87. The van der Waals surface area contributed by atoms with Gasteiger partial charge in [0.05, 0.1) is 12.6 Å². The highest BCUT2D eigenvalue weighted by Crippen LogP contribution is 2.41. The molecule has 1 aliphatic heterocycles. The van der Waals surface area contributed by atoms with Gasteiger partial charge < -0.3 is 19.7 Å². The number of likely N-dealkylation sites (N-methyl/N-ethyl adjacent to an activating group) is 1. The van der Waals surface area contributed by atoms with E-state index in [4.69, 9.17) is 4.74 Å². The number of aromatic amines is 1. The normalized spacial score (nSPS) is 14.5. The van der Waals surface area contributed by atoms with Crippen LogP contribution in [-0.2, 0) is 6.42 Å². The Balaban J connectivity index is 2.43. The fourth-order valence-corrected chi connectivity index (χ4v) is 2.45. The van der Waals surface area contributed by atoms with Crippen LogP contribution in [0.25, 0.3) is 10.9 Å². The van der Waals surface area contributed by atoms with Gasteiger partial charge in [-0.3, -0.25) is 0 Å². The van der Waals surface area contributed by atoms with E-state index in [9.17, 15) is 5.11 Å². The summed E-state index contributed by atoms with van der Waals surface area (Å²) in [5.41, 5.74) is 3.04. The lowest BCUT2D eigenvalue weighted by Crippen LogP contribution is -2.23. The molecule has 16 heavy (non-hydrogen) atoms. The molecule has 2 heterocycles. The molecule has 84 valence electrons. The Kier molecular flexibility index (Phi) is 1.80. The van der Waals surface area contributed by atoms with Crippen LogP contribution in [-0.4, -0.2) is 30.8 Å². The molecule has 1 aromatic carbocycles. The lowest BCUT2D eigenvalue weighted by atomic mass is 10.0. The Morgan fingerprint density at radius 2 is 2.25 bits per heavy atom. The number of ether oxygens (including phenoxy) is 1. The highest BCUT2D eigenvalue weighted by molar-refractivity contribution is 6.01. The van der Waals surface area contributed by atoms with Crippen molar-refractivity contribution in [3.8, 4) is 11.6 Å². The lowest BCUT2D eigenvalue weighted by Gasteiger charge is -2.25. The number of methoxy groups -OCH3 is 1. The van der Waals surface area contributed by atoms with Crippen molar-refractivity contribution in [1.29, 1.82) is 0 Å². The molecule has 1 aromatic heterocycles. The summed E-state index contributed by atoms with van der Waals surface area (Å²) in [5.74, 6) is 1.05. The van der Waals surface area contributed by atoms with Gasteiger partial charge in [-0.15, -0.1) is 0 Å². The van der Waals surface area contributed by atoms with Crippen molar-refractivity contribution in [3.63, 3.8) is 0 Å². The molecule has 0 atom stereocenters. The van der Waals surface area contributed by atoms with Gasteiger partial charge in [-0.05, 0) is 18.6 Å². The zero-order chi connectivity index (χ0) is 11.3. The Morgan fingerprint density at radius 1 is 1.44 bits per heavy atom. The van der Waals surface area contributed by atoms with Gasteiger partial charge in [0.1, 0.15) is 5.75 Å². The number of hydrogen-bond donors (Lipinski definition) is 2. The third-order valence-electron chi connectivity index (χ3n) is 3.30. The number of hydrogen-bond acceptors (Lipinski definition) is 3. The maximum Gasteiger partial charge on any atom is 0.192 e. The highest BCUT2D eigenvalue weighted by Gasteiger charge is 2.23. The molecule has 2 aromatic rings. The molecule has 4 nitrogen and oxygen atoms in total. The molecule has 0 bridgehead atoms. The first-order valence-electron chi connectivity index (χ1n) is 5.34. The van der Waals surface area contributed by atoms with Gasteiger partial charge in [0.15, 0.2) is 5.88 Å². The van der Waals surface area contributed by atoms with Crippen molar-refractivity contribution in [2.75, 3.05) is 25.6 Å². The van der Waals surface area contributed by atoms with Crippen molar-refractivity contribution in [2.45, 2.75) is 6.42 Å². The van der Waals surface area contributed by atoms with E-state index in [1.807, 2.05) is 12.1 Å². The number of aromatic nitrogens is 1. The number of aromatic hydroxyl groups is 1. The molecule has 0 unspecified atom stereocenters. The van der Waals surface area contributed by atoms with Gasteiger partial charge in [0.2, 0.25) is 0 Å². The predicted molar refractivity (Wildman–Crippen MR) is 63.5 cm³/mol. The number of benzene rings is 1. The van der Waals surface area contributed by atoms with E-state index in [2.05, 4.69) is 16.9 Å². The summed E-state index contributed by atoms with van der Waals surface area (Å²) in [6.45, 7) is 0.930. The topological polar surface area (TPSA) is 48.5 Å². The molecule has 0 radical (unpaired) electrons. The fraction of sp³-hybridized carbons (Fsp3) is 0.333. The summed E-state index contributed by atoms with van der Waals surface area (Å²) in [5, 5.41) is 11.0. The average Bonchev–Trinajstić information content (AvgIpc) is 2.62. The summed E-state index contributed by atoms with van der Waals surface area (Å²) in [7, 11) is 3.70. The Bertz CT molecular complexity index is 560. The fourth-order valence-electron chi connectivity index (χ4n) is 2.45. The van der Waals surface area contributed by atoms with E-state index in [1.54, 1.807) is 7.11 Å². The first kappa shape index (κ1) is 9.39. The van der Waals surface area contributed by atoms with Crippen molar-refractivity contribution in [1.82, 2.24) is 4.98 Å². The molecule has 2 N–H and O–H groups in total. The van der Waals surface area contributed by atoms with Crippen LogP contribution in [0.1, 0.15) is 5.56 Å². The third kappa shape index (κ3) is 1.04. The standard InChI is InChI=1S/C12H14N2O2/c1-14-6-5-7-10-8(14)3-4-9(16-2)11(10)13-12(7)15/h3-4,13,15H,5-6H2,1-2H3. The number of rotatable bonds is 1. The van der Waals surface area contributed by atoms with Crippen molar-refractivity contribution >= 4 is 16.6 Å². The summed E-state index contributed by atoms with van der Waals surface area (Å²) >= 11 is 0. The molecule has 0 aliphatic carbocycles. The smallest absolute Gasteiger partial charge is 0.192 e. The van der Waals surface area contributed by atoms with Crippen LogP contribution >= 0.6 is 0 Å². The van der Waals surface area contributed by atoms with E-state index in [-0.39, 0.29) is 5.88 Å². The first-order chi connectivity index (χ1) is 7.72. The van der Waals surface area contributed by atoms with Crippen LogP contribution < -0.4 is 9.64 Å². The second-order valence-electron chi connectivity index (χ2n) is 4.16. The van der Waals surface area contributed by atoms with Crippen LogP contribution in [0, 0.1) is 0 Å².